The lowest BCUT2D eigenvalue weighted by Gasteiger charge is -2.36. The number of carbonyl (C=O) groups is 2. The highest BCUT2D eigenvalue weighted by molar-refractivity contribution is 5.89. The second-order valence-corrected chi connectivity index (χ2v) is 6.35. The molecule has 0 bridgehead atoms. The summed E-state index contributed by atoms with van der Waals surface area (Å²) in [6, 6.07) is 3.48. The second kappa shape index (κ2) is 6.85. The Balaban J connectivity index is 1.91. The van der Waals surface area contributed by atoms with Gasteiger partial charge in [0.05, 0.1) is 12.7 Å². The first kappa shape index (κ1) is 17.1. The molecule has 23 heavy (non-hydrogen) atoms. The van der Waals surface area contributed by atoms with Gasteiger partial charge in [0, 0.05) is 32.4 Å². The summed E-state index contributed by atoms with van der Waals surface area (Å²) in [7, 11) is 1.34. The SMILES string of the molecule is COC(=O)c1ccc(N2CCN(C(=O)OC(C)(C)C)CC2)nc1. The van der Waals surface area contributed by atoms with Gasteiger partial charge in [0.25, 0.3) is 0 Å². The van der Waals surface area contributed by atoms with Crippen molar-refractivity contribution >= 4 is 17.9 Å². The Morgan fingerprint density at radius 3 is 2.26 bits per heavy atom. The van der Waals surface area contributed by atoms with Crippen molar-refractivity contribution in [1.82, 2.24) is 9.88 Å². The highest BCUT2D eigenvalue weighted by Crippen LogP contribution is 2.16. The van der Waals surface area contributed by atoms with E-state index in [1.54, 1.807) is 17.0 Å². The van der Waals surface area contributed by atoms with Crippen molar-refractivity contribution in [2.75, 3.05) is 38.2 Å². The predicted molar refractivity (Wildman–Crippen MR) is 85.6 cm³/mol. The van der Waals surface area contributed by atoms with Crippen LogP contribution in [0.2, 0.25) is 0 Å². The number of methoxy groups -OCH3 is 1. The van der Waals surface area contributed by atoms with Gasteiger partial charge in [0.1, 0.15) is 11.4 Å². The largest absolute Gasteiger partial charge is 0.465 e. The molecule has 0 aliphatic carbocycles. The van der Waals surface area contributed by atoms with E-state index < -0.39 is 11.6 Å². The molecule has 0 N–H and O–H groups in total. The highest BCUT2D eigenvalue weighted by atomic mass is 16.6. The van der Waals surface area contributed by atoms with E-state index in [4.69, 9.17) is 4.74 Å². The Labute approximate surface area is 136 Å². The van der Waals surface area contributed by atoms with E-state index in [0.717, 1.165) is 5.82 Å². The number of piperazine rings is 1. The first-order chi connectivity index (χ1) is 10.8. The number of carbonyl (C=O) groups excluding carboxylic acids is 2. The third-order valence-corrected chi connectivity index (χ3v) is 3.42. The number of nitrogens with zero attached hydrogens (tertiary/aromatic N) is 3. The normalized spacial score (nSPS) is 15.3. The minimum Gasteiger partial charge on any atom is -0.465 e. The molecule has 1 aromatic rings. The maximum absolute atomic E-state index is 12.0. The van der Waals surface area contributed by atoms with Crippen LogP contribution in [0, 0.1) is 0 Å². The summed E-state index contributed by atoms with van der Waals surface area (Å²) in [5, 5.41) is 0. The summed E-state index contributed by atoms with van der Waals surface area (Å²) in [5.74, 6) is 0.375. The maximum Gasteiger partial charge on any atom is 0.410 e. The number of rotatable bonds is 2. The minimum atomic E-state index is -0.487. The van der Waals surface area contributed by atoms with Crippen LogP contribution < -0.4 is 4.90 Å². The van der Waals surface area contributed by atoms with Gasteiger partial charge < -0.3 is 19.3 Å². The van der Waals surface area contributed by atoms with E-state index in [1.165, 1.54) is 13.3 Å². The van der Waals surface area contributed by atoms with Crippen molar-refractivity contribution in [3.63, 3.8) is 0 Å². The van der Waals surface area contributed by atoms with E-state index in [2.05, 4.69) is 14.6 Å². The number of amides is 1. The first-order valence-electron chi connectivity index (χ1n) is 7.57. The number of esters is 1. The summed E-state index contributed by atoms with van der Waals surface area (Å²) in [5.41, 5.74) is -0.0666. The molecule has 1 saturated heterocycles. The van der Waals surface area contributed by atoms with Gasteiger partial charge in [-0.3, -0.25) is 0 Å². The molecule has 0 atom stereocenters. The lowest BCUT2D eigenvalue weighted by Crippen LogP contribution is -2.50. The third kappa shape index (κ3) is 4.58. The molecule has 0 unspecified atom stereocenters. The van der Waals surface area contributed by atoms with Gasteiger partial charge in [0.15, 0.2) is 0 Å². The third-order valence-electron chi connectivity index (χ3n) is 3.42. The van der Waals surface area contributed by atoms with E-state index in [9.17, 15) is 9.59 Å². The zero-order chi connectivity index (χ0) is 17.0. The smallest absolute Gasteiger partial charge is 0.410 e. The molecule has 0 saturated carbocycles. The van der Waals surface area contributed by atoms with Crippen LogP contribution in [0.1, 0.15) is 31.1 Å². The van der Waals surface area contributed by atoms with Gasteiger partial charge in [0.2, 0.25) is 0 Å². The summed E-state index contributed by atoms with van der Waals surface area (Å²) < 4.78 is 10.0. The van der Waals surface area contributed by atoms with Crippen LogP contribution in [0.15, 0.2) is 18.3 Å². The molecule has 0 radical (unpaired) electrons. The quantitative estimate of drug-likeness (QED) is 0.775. The molecule has 1 fully saturated rings. The Morgan fingerprint density at radius 2 is 1.78 bits per heavy atom. The fraction of sp³-hybridized carbons (Fsp3) is 0.562. The van der Waals surface area contributed by atoms with Crippen LogP contribution in [0.25, 0.3) is 0 Å². The molecule has 2 rings (SSSR count). The summed E-state index contributed by atoms with van der Waals surface area (Å²) in [6.07, 6.45) is 1.22. The minimum absolute atomic E-state index is 0.286. The van der Waals surface area contributed by atoms with Gasteiger partial charge in [-0.15, -0.1) is 0 Å². The van der Waals surface area contributed by atoms with Crippen molar-refractivity contribution in [2.24, 2.45) is 0 Å². The van der Waals surface area contributed by atoms with E-state index >= 15 is 0 Å². The standard InChI is InChI=1S/C16H23N3O4/c1-16(2,3)23-15(21)19-9-7-18(8-10-19)13-6-5-12(11-17-13)14(20)22-4/h5-6,11H,7-10H2,1-4H3. The average Bonchev–Trinajstić information content (AvgIpc) is 2.53. The molecule has 7 nitrogen and oxygen atoms in total. The molecule has 1 aliphatic heterocycles. The van der Waals surface area contributed by atoms with Gasteiger partial charge in [-0.05, 0) is 32.9 Å². The highest BCUT2D eigenvalue weighted by Gasteiger charge is 2.26. The summed E-state index contributed by atoms with van der Waals surface area (Å²) >= 11 is 0. The molecule has 1 aliphatic rings. The number of anilines is 1. The van der Waals surface area contributed by atoms with Crippen molar-refractivity contribution in [1.29, 1.82) is 0 Å². The predicted octanol–water partition coefficient (Wildman–Crippen LogP) is 1.93. The molecule has 126 valence electrons. The molecule has 1 aromatic heterocycles. The van der Waals surface area contributed by atoms with Crippen molar-refractivity contribution in [3.8, 4) is 0 Å². The Morgan fingerprint density at radius 1 is 1.13 bits per heavy atom. The van der Waals surface area contributed by atoms with Crippen LogP contribution >= 0.6 is 0 Å². The van der Waals surface area contributed by atoms with E-state index in [-0.39, 0.29) is 6.09 Å². The molecule has 2 heterocycles. The fourth-order valence-corrected chi connectivity index (χ4v) is 2.26. The number of hydrogen-bond acceptors (Lipinski definition) is 6. The molecule has 7 heteroatoms. The molecular formula is C16H23N3O4. The zero-order valence-corrected chi connectivity index (χ0v) is 14.0. The van der Waals surface area contributed by atoms with Crippen LogP contribution in [0.5, 0.6) is 0 Å². The monoisotopic (exact) mass is 321 g/mol. The Kier molecular flexibility index (Phi) is 5.08. The van der Waals surface area contributed by atoms with E-state index in [0.29, 0.717) is 31.7 Å². The maximum atomic E-state index is 12.0. The number of ether oxygens (including phenoxy) is 2. The van der Waals surface area contributed by atoms with Crippen LogP contribution in [0.3, 0.4) is 0 Å². The fourth-order valence-electron chi connectivity index (χ4n) is 2.26. The second-order valence-electron chi connectivity index (χ2n) is 6.35. The summed E-state index contributed by atoms with van der Waals surface area (Å²) in [4.78, 5) is 31.5. The van der Waals surface area contributed by atoms with Crippen LogP contribution in [0.4, 0.5) is 10.6 Å². The van der Waals surface area contributed by atoms with Gasteiger partial charge in [-0.2, -0.15) is 0 Å². The first-order valence-corrected chi connectivity index (χ1v) is 7.57. The number of hydrogen-bond donors (Lipinski definition) is 0. The van der Waals surface area contributed by atoms with E-state index in [1.807, 2.05) is 20.8 Å². The van der Waals surface area contributed by atoms with Crippen molar-refractivity contribution in [2.45, 2.75) is 26.4 Å². The van der Waals surface area contributed by atoms with Gasteiger partial charge in [-0.25, -0.2) is 14.6 Å². The zero-order valence-electron chi connectivity index (χ0n) is 14.0. The van der Waals surface area contributed by atoms with Gasteiger partial charge >= 0.3 is 12.1 Å². The van der Waals surface area contributed by atoms with Crippen LogP contribution in [-0.2, 0) is 9.47 Å². The molecular weight excluding hydrogens is 298 g/mol. The molecule has 0 spiro atoms. The Bertz CT molecular complexity index is 558. The Hall–Kier alpha value is -2.31. The lowest BCUT2D eigenvalue weighted by molar-refractivity contribution is 0.0240. The van der Waals surface area contributed by atoms with Crippen molar-refractivity contribution < 1.29 is 19.1 Å². The molecule has 0 aromatic carbocycles. The average molecular weight is 321 g/mol. The number of pyridine rings is 1. The molecule has 1 amide bonds. The number of aromatic nitrogens is 1. The lowest BCUT2D eigenvalue weighted by atomic mass is 10.2. The van der Waals surface area contributed by atoms with Crippen molar-refractivity contribution in [3.05, 3.63) is 23.9 Å². The van der Waals surface area contributed by atoms with Crippen LogP contribution in [-0.4, -0.2) is 60.8 Å². The van der Waals surface area contributed by atoms with Gasteiger partial charge in [-0.1, -0.05) is 0 Å². The summed E-state index contributed by atoms with van der Waals surface area (Å²) in [6.45, 7) is 8.06. The topological polar surface area (TPSA) is 72.0 Å².